The Morgan fingerprint density at radius 1 is 1.13 bits per heavy atom. The normalized spacial score (nSPS) is 14.9. The number of aromatic nitrogens is 1. The molecular weight excluding hydrogens is 349 g/mol. The molecule has 3 nitrogen and oxygen atoms in total. The Morgan fingerprint density at radius 3 is 2.57 bits per heavy atom. The Morgan fingerprint density at radius 2 is 1.87 bits per heavy atom. The predicted molar refractivity (Wildman–Crippen MR) is 105 cm³/mol. The van der Waals surface area contributed by atoms with E-state index in [2.05, 4.69) is 47.6 Å². The van der Waals surface area contributed by atoms with Crippen molar-refractivity contribution in [1.29, 1.82) is 0 Å². The van der Waals surface area contributed by atoms with E-state index in [1.807, 2.05) is 0 Å². The van der Waals surface area contributed by atoms with Gasteiger partial charge >= 0.3 is 0 Å². The summed E-state index contributed by atoms with van der Waals surface area (Å²) in [5.41, 5.74) is 5.04. The van der Waals surface area contributed by atoms with Gasteiger partial charge in [0.1, 0.15) is 0 Å². The molecule has 0 saturated carbocycles. The number of piperazine rings is 1. The maximum atomic E-state index is 4.81. The van der Waals surface area contributed by atoms with E-state index in [1.165, 1.54) is 21.7 Å². The first-order chi connectivity index (χ1) is 10.2. The number of hydrogen-bond donors (Lipinski definition) is 1. The van der Waals surface area contributed by atoms with Crippen LogP contribution in [0.25, 0.3) is 11.3 Å². The van der Waals surface area contributed by atoms with Crippen LogP contribution in [0.15, 0.2) is 23.6 Å². The van der Waals surface area contributed by atoms with Crippen LogP contribution in [0.2, 0.25) is 0 Å². The summed E-state index contributed by atoms with van der Waals surface area (Å²) in [6.45, 7) is 10.00. The monoisotopic (exact) mass is 373 g/mol. The highest BCUT2D eigenvalue weighted by molar-refractivity contribution is 7.09. The highest BCUT2D eigenvalue weighted by atomic mass is 35.5. The molecule has 0 aliphatic carbocycles. The molecule has 0 atom stereocenters. The molecule has 1 aliphatic rings. The van der Waals surface area contributed by atoms with Crippen LogP contribution in [0.4, 0.5) is 0 Å². The minimum Gasteiger partial charge on any atom is -0.314 e. The van der Waals surface area contributed by atoms with Crippen molar-refractivity contribution < 1.29 is 0 Å². The van der Waals surface area contributed by atoms with Crippen molar-refractivity contribution in [3.05, 3.63) is 39.7 Å². The fourth-order valence-corrected chi connectivity index (χ4v) is 3.44. The maximum Gasteiger partial charge on any atom is 0.0945 e. The predicted octanol–water partition coefficient (Wildman–Crippen LogP) is 3.72. The molecule has 0 spiro atoms. The fourth-order valence-electron chi connectivity index (χ4n) is 2.65. The Balaban J connectivity index is 0.00000132. The third-order valence-corrected chi connectivity index (χ3v) is 5.11. The molecule has 6 heteroatoms. The van der Waals surface area contributed by atoms with Gasteiger partial charge in [0.05, 0.1) is 10.7 Å². The summed E-state index contributed by atoms with van der Waals surface area (Å²) in [7, 11) is 0. The van der Waals surface area contributed by atoms with Crippen LogP contribution in [-0.4, -0.2) is 42.6 Å². The van der Waals surface area contributed by atoms with Crippen LogP contribution >= 0.6 is 36.2 Å². The van der Waals surface area contributed by atoms with E-state index < -0.39 is 0 Å². The average Bonchev–Trinajstić information content (AvgIpc) is 2.98. The van der Waals surface area contributed by atoms with Gasteiger partial charge in [-0.15, -0.1) is 36.2 Å². The topological polar surface area (TPSA) is 28.2 Å². The second-order valence-electron chi connectivity index (χ2n) is 5.77. The standard InChI is InChI=1S/C17H23N3S.2ClH/c1-13-3-4-15(11-14(13)2)16-12-21-17(19-16)5-8-20-9-6-18-7-10-20;;/h3-4,11-12,18H,5-10H2,1-2H3;2*1H. The van der Waals surface area contributed by atoms with Gasteiger partial charge in [-0.1, -0.05) is 12.1 Å². The van der Waals surface area contributed by atoms with Gasteiger partial charge in [0.2, 0.25) is 0 Å². The molecule has 0 radical (unpaired) electrons. The summed E-state index contributed by atoms with van der Waals surface area (Å²) in [6, 6.07) is 6.60. The van der Waals surface area contributed by atoms with Gasteiger partial charge in [0, 0.05) is 50.1 Å². The number of rotatable bonds is 4. The zero-order valence-corrected chi connectivity index (χ0v) is 16.1. The summed E-state index contributed by atoms with van der Waals surface area (Å²) in [6.07, 6.45) is 1.06. The number of benzene rings is 1. The number of hydrogen-bond acceptors (Lipinski definition) is 4. The van der Waals surface area contributed by atoms with Gasteiger partial charge in [-0.3, -0.25) is 0 Å². The molecule has 2 heterocycles. The summed E-state index contributed by atoms with van der Waals surface area (Å²) in [5, 5.41) is 6.84. The van der Waals surface area contributed by atoms with E-state index >= 15 is 0 Å². The molecule has 0 unspecified atom stereocenters. The third kappa shape index (κ3) is 5.44. The van der Waals surface area contributed by atoms with Crippen molar-refractivity contribution in [1.82, 2.24) is 15.2 Å². The van der Waals surface area contributed by atoms with Crippen molar-refractivity contribution in [2.45, 2.75) is 20.3 Å². The summed E-state index contributed by atoms with van der Waals surface area (Å²) in [5.74, 6) is 0. The second kappa shape index (κ2) is 9.60. The molecule has 1 fully saturated rings. The third-order valence-electron chi connectivity index (χ3n) is 4.21. The van der Waals surface area contributed by atoms with E-state index in [4.69, 9.17) is 4.98 Å². The molecular formula is C17H25Cl2N3S. The zero-order chi connectivity index (χ0) is 14.7. The quantitative estimate of drug-likeness (QED) is 0.884. The minimum atomic E-state index is 0. The van der Waals surface area contributed by atoms with E-state index in [9.17, 15) is 0 Å². The molecule has 1 aromatic heterocycles. The first-order valence-electron chi connectivity index (χ1n) is 7.67. The zero-order valence-electron chi connectivity index (χ0n) is 13.7. The number of nitrogens with zero attached hydrogens (tertiary/aromatic N) is 2. The van der Waals surface area contributed by atoms with Gasteiger partial charge in [-0.05, 0) is 31.0 Å². The van der Waals surface area contributed by atoms with E-state index in [1.54, 1.807) is 11.3 Å². The molecule has 1 aromatic carbocycles. The number of nitrogens with one attached hydrogen (secondary N) is 1. The van der Waals surface area contributed by atoms with Gasteiger partial charge in [0.15, 0.2) is 0 Å². The summed E-state index contributed by atoms with van der Waals surface area (Å²) in [4.78, 5) is 7.33. The van der Waals surface area contributed by atoms with Crippen LogP contribution in [0, 0.1) is 13.8 Å². The van der Waals surface area contributed by atoms with Crippen LogP contribution in [0.5, 0.6) is 0 Å². The van der Waals surface area contributed by atoms with Crippen LogP contribution in [0.3, 0.4) is 0 Å². The molecule has 3 rings (SSSR count). The molecule has 23 heavy (non-hydrogen) atoms. The van der Waals surface area contributed by atoms with Gasteiger partial charge in [0.25, 0.3) is 0 Å². The molecule has 1 aliphatic heterocycles. The van der Waals surface area contributed by atoms with E-state index in [-0.39, 0.29) is 24.8 Å². The van der Waals surface area contributed by atoms with Crippen molar-refractivity contribution in [3.63, 3.8) is 0 Å². The Hall–Kier alpha value is -0.650. The number of halogens is 2. The van der Waals surface area contributed by atoms with Gasteiger partial charge in [-0.25, -0.2) is 4.98 Å². The largest absolute Gasteiger partial charge is 0.314 e. The number of aryl methyl sites for hydroxylation is 2. The van der Waals surface area contributed by atoms with Crippen LogP contribution in [0.1, 0.15) is 16.1 Å². The molecule has 1 N–H and O–H groups in total. The maximum absolute atomic E-state index is 4.81. The Labute approximate surface area is 155 Å². The lowest BCUT2D eigenvalue weighted by Gasteiger charge is -2.26. The highest BCUT2D eigenvalue weighted by Gasteiger charge is 2.11. The van der Waals surface area contributed by atoms with Crippen LogP contribution in [-0.2, 0) is 6.42 Å². The SMILES string of the molecule is Cc1ccc(-c2csc(CCN3CCNCC3)n2)cc1C.Cl.Cl. The summed E-state index contributed by atoms with van der Waals surface area (Å²) >= 11 is 1.79. The fraction of sp³-hybridized carbons (Fsp3) is 0.471. The van der Waals surface area contributed by atoms with Crippen LogP contribution < -0.4 is 5.32 Å². The van der Waals surface area contributed by atoms with Crippen molar-refractivity contribution >= 4 is 36.2 Å². The summed E-state index contributed by atoms with van der Waals surface area (Å²) < 4.78 is 0. The molecule has 1 saturated heterocycles. The first kappa shape index (κ1) is 20.4. The number of thiazole rings is 1. The van der Waals surface area contributed by atoms with Gasteiger partial charge < -0.3 is 10.2 Å². The lowest BCUT2D eigenvalue weighted by molar-refractivity contribution is 0.244. The molecule has 0 amide bonds. The lowest BCUT2D eigenvalue weighted by Crippen LogP contribution is -2.44. The van der Waals surface area contributed by atoms with Gasteiger partial charge in [-0.2, -0.15) is 0 Å². The van der Waals surface area contributed by atoms with E-state index in [0.29, 0.717) is 0 Å². The first-order valence-corrected chi connectivity index (χ1v) is 8.55. The Bertz CT molecular complexity index is 610. The molecule has 0 bridgehead atoms. The smallest absolute Gasteiger partial charge is 0.0945 e. The van der Waals surface area contributed by atoms with E-state index in [0.717, 1.165) is 44.8 Å². The Kier molecular flexibility index (Phi) is 8.51. The second-order valence-corrected chi connectivity index (χ2v) is 6.71. The molecule has 128 valence electrons. The average molecular weight is 374 g/mol. The van der Waals surface area contributed by atoms with Crippen molar-refractivity contribution in [2.24, 2.45) is 0 Å². The van der Waals surface area contributed by atoms with Crippen molar-refractivity contribution in [2.75, 3.05) is 32.7 Å². The highest BCUT2D eigenvalue weighted by Crippen LogP contribution is 2.24. The molecule has 2 aromatic rings. The van der Waals surface area contributed by atoms with Crippen molar-refractivity contribution in [3.8, 4) is 11.3 Å². The minimum absolute atomic E-state index is 0. The lowest BCUT2D eigenvalue weighted by atomic mass is 10.1.